The molecule has 0 atom stereocenters. The largest absolute Gasteiger partial charge is 0.356 e. The molecule has 1 fully saturated rings. The Hall–Kier alpha value is -1.16. The van der Waals surface area contributed by atoms with Crippen molar-refractivity contribution in [2.24, 2.45) is 5.41 Å². The van der Waals surface area contributed by atoms with Gasteiger partial charge in [-0.3, -0.25) is 4.79 Å². The average Bonchev–Trinajstić information content (AvgIpc) is 2.47. The molecule has 2 heterocycles. The van der Waals surface area contributed by atoms with Gasteiger partial charge in [0.05, 0.1) is 5.56 Å². The van der Waals surface area contributed by atoms with Gasteiger partial charge in [0.1, 0.15) is 17.3 Å². The Morgan fingerprint density at radius 1 is 1.32 bits per heavy atom. The molecule has 1 aliphatic rings. The third-order valence-electron chi connectivity index (χ3n) is 4.56. The second-order valence-corrected chi connectivity index (χ2v) is 5.57. The van der Waals surface area contributed by atoms with Crippen molar-refractivity contribution in [3.8, 4) is 0 Å². The zero-order valence-corrected chi connectivity index (χ0v) is 12.3. The van der Waals surface area contributed by atoms with E-state index in [0.29, 0.717) is 16.8 Å². The first kappa shape index (κ1) is 14.3. The molecule has 104 valence electrons. The maximum Gasteiger partial charge on any atom is 0.156 e. The van der Waals surface area contributed by atoms with E-state index in [0.717, 1.165) is 32.2 Å². The first-order chi connectivity index (χ1) is 9.15. The number of halogens is 1. The Morgan fingerprint density at radius 2 is 1.95 bits per heavy atom. The fourth-order valence-electron chi connectivity index (χ4n) is 2.87. The van der Waals surface area contributed by atoms with Gasteiger partial charge in [-0.05, 0) is 18.3 Å². The van der Waals surface area contributed by atoms with Crippen LogP contribution in [0.3, 0.4) is 0 Å². The molecule has 1 saturated heterocycles. The van der Waals surface area contributed by atoms with Gasteiger partial charge < -0.3 is 4.90 Å². The van der Waals surface area contributed by atoms with Crippen LogP contribution in [0.2, 0.25) is 5.15 Å². The summed E-state index contributed by atoms with van der Waals surface area (Å²) in [7, 11) is 0. The minimum absolute atomic E-state index is 0.239. The van der Waals surface area contributed by atoms with Crippen molar-refractivity contribution in [3.05, 3.63) is 17.0 Å². The van der Waals surface area contributed by atoms with Gasteiger partial charge in [0.2, 0.25) is 0 Å². The molecule has 0 N–H and O–H groups in total. The number of rotatable bonds is 4. The fraction of sp³-hybridized carbons (Fsp3) is 0.643. The minimum Gasteiger partial charge on any atom is -0.356 e. The van der Waals surface area contributed by atoms with E-state index in [2.05, 4.69) is 28.7 Å². The standard InChI is InChI=1S/C14H20ClN3O/c1-3-14(4-2)5-7-18(8-6-14)13-11(9-19)12(15)16-10-17-13/h9-10H,3-8H2,1-2H3. The Kier molecular flexibility index (Phi) is 4.40. The van der Waals surface area contributed by atoms with E-state index in [-0.39, 0.29) is 5.15 Å². The van der Waals surface area contributed by atoms with E-state index in [1.165, 1.54) is 19.2 Å². The number of aromatic nitrogens is 2. The Bertz CT molecular complexity index is 450. The molecule has 0 radical (unpaired) electrons. The van der Waals surface area contributed by atoms with Gasteiger partial charge in [-0.15, -0.1) is 0 Å². The van der Waals surface area contributed by atoms with Crippen molar-refractivity contribution in [1.29, 1.82) is 0 Å². The van der Waals surface area contributed by atoms with Gasteiger partial charge in [0, 0.05) is 13.1 Å². The van der Waals surface area contributed by atoms with Gasteiger partial charge in [0.25, 0.3) is 0 Å². The molecular formula is C14H20ClN3O. The lowest BCUT2D eigenvalue weighted by Crippen LogP contribution is -2.40. The highest BCUT2D eigenvalue weighted by Crippen LogP contribution is 2.39. The molecule has 5 heteroatoms. The van der Waals surface area contributed by atoms with Crippen molar-refractivity contribution in [2.75, 3.05) is 18.0 Å². The Labute approximate surface area is 119 Å². The molecule has 0 spiro atoms. The van der Waals surface area contributed by atoms with Crippen LogP contribution in [0.5, 0.6) is 0 Å². The van der Waals surface area contributed by atoms with E-state index >= 15 is 0 Å². The fourth-order valence-corrected chi connectivity index (χ4v) is 3.04. The normalized spacial score (nSPS) is 18.4. The predicted molar refractivity (Wildman–Crippen MR) is 76.9 cm³/mol. The van der Waals surface area contributed by atoms with Crippen LogP contribution in [0.15, 0.2) is 6.33 Å². The second-order valence-electron chi connectivity index (χ2n) is 5.21. The van der Waals surface area contributed by atoms with E-state index < -0.39 is 0 Å². The summed E-state index contributed by atoms with van der Waals surface area (Å²) in [6.45, 7) is 6.38. The zero-order valence-electron chi connectivity index (χ0n) is 11.5. The highest BCUT2D eigenvalue weighted by Gasteiger charge is 2.32. The number of hydrogen-bond donors (Lipinski definition) is 0. The van der Waals surface area contributed by atoms with Crippen molar-refractivity contribution in [2.45, 2.75) is 39.5 Å². The SMILES string of the molecule is CCC1(CC)CCN(c2ncnc(Cl)c2C=O)CC1. The molecule has 2 rings (SSSR count). The summed E-state index contributed by atoms with van der Waals surface area (Å²) in [6, 6.07) is 0. The maximum absolute atomic E-state index is 11.1. The number of anilines is 1. The summed E-state index contributed by atoms with van der Waals surface area (Å²) in [5, 5.41) is 0.239. The zero-order chi connectivity index (χ0) is 13.9. The highest BCUT2D eigenvalue weighted by atomic mass is 35.5. The summed E-state index contributed by atoms with van der Waals surface area (Å²) in [5.41, 5.74) is 0.860. The monoisotopic (exact) mass is 281 g/mol. The quantitative estimate of drug-likeness (QED) is 0.627. The van der Waals surface area contributed by atoms with Crippen molar-refractivity contribution >= 4 is 23.7 Å². The molecule has 0 aliphatic carbocycles. The first-order valence-corrected chi connectivity index (χ1v) is 7.24. The smallest absolute Gasteiger partial charge is 0.156 e. The maximum atomic E-state index is 11.1. The second kappa shape index (κ2) is 5.87. The van der Waals surface area contributed by atoms with Gasteiger partial charge in [-0.2, -0.15) is 0 Å². The molecule has 0 bridgehead atoms. The van der Waals surface area contributed by atoms with Crippen LogP contribution in [-0.2, 0) is 0 Å². The van der Waals surface area contributed by atoms with Crippen LogP contribution < -0.4 is 4.90 Å². The van der Waals surface area contributed by atoms with Crippen LogP contribution >= 0.6 is 11.6 Å². The minimum atomic E-state index is 0.239. The van der Waals surface area contributed by atoms with Gasteiger partial charge in [-0.1, -0.05) is 38.3 Å². The summed E-state index contributed by atoms with van der Waals surface area (Å²) in [5.74, 6) is 0.677. The number of hydrogen-bond acceptors (Lipinski definition) is 4. The molecule has 1 aromatic rings. The lowest BCUT2D eigenvalue weighted by Gasteiger charge is -2.41. The summed E-state index contributed by atoms with van der Waals surface area (Å²) in [6.07, 6.45) is 6.87. The van der Waals surface area contributed by atoms with Crippen LogP contribution in [0, 0.1) is 5.41 Å². The highest BCUT2D eigenvalue weighted by molar-refractivity contribution is 6.32. The Balaban J connectivity index is 2.18. The van der Waals surface area contributed by atoms with Gasteiger partial charge >= 0.3 is 0 Å². The predicted octanol–water partition coefficient (Wildman–Crippen LogP) is 3.35. The molecule has 4 nitrogen and oxygen atoms in total. The molecular weight excluding hydrogens is 262 g/mol. The Morgan fingerprint density at radius 3 is 2.47 bits per heavy atom. The van der Waals surface area contributed by atoms with Crippen LogP contribution in [0.25, 0.3) is 0 Å². The van der Waals surface area contributed by atoms with Gasteiger partial charge in [0.15, 0.2) is 6.29 Å². The van der Waals surface area contributed by atoms with E-state index in [4.69, 9.17) is 11.6 Å². The third-order valence-corrected chi connectivity index (χ3v) is 4.86. The number of nitrogens with zero attached hydrogens (tertiary/aromatic N) is 3. The molecule has 1 aliphatic heterocycles. The van der Waals surface area contributed by atoms with Crippen molar-refractivity contribution < 1.29 is 4.79 Å². The topological polar surface area (TPSA) is 46.1 Å². The number of piperidine rings is 1. The first-order valence-electron chi connectivity index (χ1n) is 6.86. The summed E-state index contributed by atoms with van der Waals surface area (Å²) >= 11 is 5.95. The number of aldehydes is 1. The number of carbonyl (C=O) groups excluding carboxylic acids is 1. The summed E-state index contributed by atoms with van der Waals surface area (Å²) < 4.78 is 0. The number of carbonyl (C=O) groups is 1. The average molecular weight is 282 g/mol. The molecule has 0 unspecified atom stereocenters. The van der Waals surface area contributed by atoms with Crippen LogP contribution in [0.1, 0.15) is 49.9 Å². The van der Waals surface area contributed by atoms with Crippen molar-refractivity contribution in [3.63, 3.8) is 0 Å². The van der Waals surface area contributed by atoms with E-state index in [1.54, 1.807) is 0 Å². The molecule has 0 amide bonds. The lowest BCUT2D eigenvalue weighted by molar-refractivity contribution is 0.112. The van der Waals surface area contributed by atoms with Gasteiger partial charge in [-0.25, -0.2) is 9.97 Å². The van der Waals surface area contributed by atoms with Crippen LogP contribution in [0.4, 0.5) is 5.82 Å². The summed E-state index contributed by atoms with van der Waals surface area (Å²) in [4.78, 5) is 21.4. The van der Waals surface area contributed by atoms with Crippen LogP contribution in [-0.4, -0.2) is 29.3 Å². The lowest BCUT2D eigenvalue weighted by atomic mass is 9.74. The van der Waals surface area contributed by atoms with E-state index in [1.807, 2.05) is 0 Å². The third kappa shape index (κ3) is 2.73. The van der Waals surface area contributed by atoms with Crippen molar-refractivity contribution in [1.82, 2.24) is 9.97 Å². The molecule has 1 aromatic heterocycles. The molecule has 0 saturated carbocycles. The van der Waals surface area contributed by atoms with E-state index in [9.17, 15) is 4.79 Å². The molecule has 19 heavy (non-hydrogen) atoms. The molecule has 0 aromatic carbocycles.